The van der Waals surface area contributed by atoms with Crippen LogP contribution in [0.15, 0.2) is 0 Å². The fourth-order valence-electron chi connectivity index (χ4n) is 1.25. The maximum atomic E-state index is 3.45. The van der Waals surface area contributed by atoms with Crippen LogP contribution in [0, 0.1) is 0 Å². The lowest BCUT2D eigenvalue weighted by Gasteiger charge is -2.31. The lowest BCUT2D eigenvalue weighted by molar-refractivity contribution is 0.732. The zero-order valence-corrected chi connectivity index (χ0v) is 9.62. The summed E-state index contributed by atoms with van der Waals surface area (Å²) in [5.74, 6) is 0. The van der Waals surface area contributed by atoms with E-state index in [1.807, 2.05) is 7.05 Å². The summed E-state index contributed by atoms with van der Waals surface area (Å²) in [7, 11) is 0.217. The first-order chi connectivity index (χ1) is 5.74. The molecule has 5 heteroatoms. The predicted octanol–water partition coefficient (Wildman–Crippen LogP) is -0.530. The van der Waals surface area contributed by atoms with Crippen LogP contribution in [0.4, 0.5) is 0 Å². The van der Waals surface area contributed by atoms with Gasteiger partial charge in [-0.3, -0.25) is 0 Å². The zero-order chi connectivity index (χ0) is 9.45. The van der Waals surface area contributed by atoms with Crippen molar-refractivity contribution < 1.29 is 0 Å². The van der Waals surface area contributed by atoms with Gasteiger partial charge >= 0.3 is 8.72 Å². The van der Waals surface area contributed by atoms with Gasteiger partial charge in [0.15, 0.2) is 0 Å². The fourth-order valence-corrected chi connectivity index (χ4v) is 3.74. The van der Waals surface area contributed by atoms with Crippen molar-refractivity contribution in [1.82, 2.24) is 19.9 Å². The van der Waals surface area contributed by atoms with E-state index in [1.165, 1.54) is 0 Å². The molecule has 0 atom stereocenters. The molecule has 0 spiro atoms. The summed E-state index contributed by atoms with van der Waals surface area (Å²) in [6.07, 6.45) is 0. The Morgan fingerprint density at radius 1 is 0.833 bits per heavy atom. The predicted molar refractivity (Wildman–Crippen MR) is 55.8 cm³/mol. The molecule has 0 saturated carbocycles. The van der Waals surface area contributed by atoms with Crippen molar-refractivity contribution in [2.75, 3.05) is 26.7 Å². The molecule has 0 rings (SSSR count). The quantitative estimate of drug-likeness (QED) is 0.408. The van der Waals surface area contributed by atoms with Crippen LogP contribution >= 0.6 is 0 Å². The first-order valence-corrected chi connectivity index (χ1v) is 6.68. The van der Waals surface area contributed by atoms with Crippen molar-refractivity contribution in [2.45, 2.75) is 20.8 Å². The van der Waals surface area contributed by atoms with Crippen LogP contribution in [0.2, 0.25) is 0 Å². The highest BCUT2D eigenvalue weighted by Crippen LogP contribution is 1.80. The molecular weight excluding hydrogens is 168 g/mol. The van der Waals surface area contributed by atoms with E-state index in [4.69, 9.17) is 0 Å². The lowest BCUT2D eigenvalue weighted by Crippen LogP contribution is -2.79. The number of hydrogen-bond donors (Lipinski definition) is 4. The minimum absolute atomic E-state index is 0.979. The lowest BCUT2D eigenvalue weighted by atomic mass is 10.8. The van der Waals surface area contributed by atoms with Crippen LogP contribution in [0.5, 0.6) is 0 Å². The molecule has 4 N–H and O–H groups in total. The van der Waals surface area contributed by atoms with Gasteiger partial charge in [0.05, 0.1) is 0 Å². The summed E-state index contributed by atoms with van der Waals surface area (Å²) in [5.41, 5.74) is 0. The van der Waals surface area contributed by atoms with Crippen LogP contribution in [-0.2, 0) is 0 Å². The smallest absolute Gasteiger partial charge is 0.303 e. The summed E-state index contributed by atoms with van der Waals surface area (Å²) < 4.78 is 0. The largest absolute Gasteiger partial charge is 0.365 e. The summed E-state index contributed by atoms with van der Waals surface area (Å²) in [6.45, 7) is 9.29. The molecule has 0 saturated heterocycles. The van der Waals surface area contributed by atoms with E-state index in [9.17, 15) is 0 Å². The van der Waals surface area contributed by atoms with Gasteiger partial charge in [0.1, 0.15) is 0 Å². The average Bonchev–Trinajstić information content (AvgIpc) is 2.06. The van der Waals surface area contributed by atoms with Crippen molar-refractivity contribution >= 4 is 8.72 Å². The second kappa shape index (κ2) is 6.56. The van der Waals surface area contributed by atoms with Crippen LogP contribution in [0.1, 0.15) is 20.8 Å². The maximum absolute atomic E-state index is 3.45. The van der Waals surface area contributed by atoms with E-state index in [0.29, 0.717) is 0 Å². The van der Waals surface area contributed by atoms with Gasteiger partial charge in [0.2, 0.25) is 0 Å². The number of hydrogen-bond acceptors (Lipinski definition) is 4. The third-order valence-electron chi connectivity index (χ3n) is 1.70. The molecule has 4 nitrogen and oxygen atoms in total. The Bertz CT molecular complexity index is 92.6. The van der Waals surface area contributed by atoms with Gasteiger partial charge in [0, 0.05) is 0 Å². The Morgan fingerprint density at radius 3 is 1.33 bits per heavy atom. The monoisotopic (exact) mass is 190 g/mol. The second-order valence-corrected chi connectivity index (χ2v) is 5.65. The summed E-state index contributed by atoms with van der Waals surface area (Å²) in [6, 6.07) is 0. The average molecular weight is 190 g/mol. The number of nitrogens with one attached hydrogen (secondary N) is 4. The van der Waals surface area contributed by atoms with Crippen LogP contribution in [0.25, 0.3) is 0 Å². The molecule has 0 aliphatic heterocycles. The highest BCUT2D eigenvalue weighted by Gasteiger charge is 2.29. The molecule has 0 aliphatic carbocycles. The van der Waals surface area contributed by atoms with Crippen molar-refractivity contribution in [3.05, 3.63) is 0 Å². The second-order valence-electron chi connectivity index (χ2n) is 2.59. The SMILES string of the molecule is CCN[Si](NC)(NCC)NCC. The molecule has 0 fully saturated rings. The van der Waals surface area contributed by atoms with Crippen LogP contribution < -0.4 is 19.9 Å². The minimum atomic E-state index is -1.77. The molecule has 74 valence electrons. The third-order valence-corrected chi connectivity index (χ3v) is 5.10. The topological polar surface area (TPSA) is 48.1 Å². The van der Waals surface area contributed by atoms with Crippen molar-refractivity contribution in [1.29, 1.82) is 0 Å². The van der Waals surface area contributed by atoms with Crippen molar-refractivity contribution in [3.8, 4) is 0 Å². The highest BCUT2D eigenvalue weighted by molar-refractivity contribution is 6.70. The van der Waals surface area contributed by atoms with Gasteiger partial charge in [-0.15, -0.1) is 0 Å². The number of rotatable bonds is 7. The van der Waals surface area contributed by atoms with E-state index in [1.54, 1.807) is 0 Å². The summed E-state index contributed by atoms with van der Waals surface area (Å²) in [4.78, 5) is 13.7. The molecule has 12 heavy (non-hydrogen) atoms. The first kappa shape index (κ1) is 12.1. The minimum Gasteiger partial charge on any atom is -0.303 e. The Kier molecular flexibility index (Phi) is 6.59. The normalized spacial score (nSPS) is 12.0. The highest BCUT2D eigenvalue weighted by atomic mass is 28.4. The van der Waals surface area contributed by atoms with Gasteiger partial charge in [-0.1, -0.05) is 20.8 Å². The fraction of sp³-hybridized carbons (Fsp3) is 1.00. The molecular formula is C7H22N4Si. The first-order valence-electron chi connectivity index (χ1n) is 4.68. The molecule has 0 aromatic heterocycles. The van der Waals surface area contributed by atoms with Gasteiger partial charge in [-0.05, 0) is 26.7 Å². The molecule has 0 amide bonds. The van der Waals surface area contributed by atoms with E-state index < -0.39 is 8.72 Å². The zero-order valence-electron chi connectivity index (χ0n) is 8.62. The molecule has 0 aromatic carbocycles. The Balaban J connectivity index is 4.06. The molecule has 0 unspecified atom stereocenters. The van der Waals surface area contributed by atoms with Gasteiger partial charge in [-0.2, -0.15) is 0 Å². The molecule has 0 radical (unpaired) electrons. The third kappa shape index (κ3) is 3.64. The standard InChI is InChI=1S/C7H22N4Si/c1-5-9-12(8-4,10-6-2)11-7-3/h8-11H,5-7H2,1-4H3. The van der Waals surface area contributed by atoms with Gasteiger partial charge < -0.3 is 19.9 Å². The van der Waals surface area contributed by atoms with Crippen molar-refractivity contribution in [3.63, 3.8) is 0 Å². The molecule has 0 heterocycles. The van der Waals surface area contributed by atoms with E-state index in [-0.39, 0.29) is 0 Å². The van der Waals surface area contributed by atoms with Crippen LogP contribution in [-0.4, -0.2) is 35.4 Å². The van der Waals surface area contributed by atoms with E-state index in [0.717, 1.165) is 19.6 Å². The van der Waals surface area contributed by atoms with E-state index >= 15 is 0 Å². The Morgan fingerprint density at radius 2 is 1.17 bits per heavy atom. The molecule has 0 aromatic rings. The maximum Gasteiger partial charge on any atom is 0.365 e. The van der Waals surface area contributed by atoms with Crippen molar-refractivity contribution in [2.24, 2.45) is 0 Å². The van der Waals surface area contributed by atoms with Gasteiger partial charge in [-0.25, -0.2) is 0 Å². The van der Waals surface area contributed by atoms with Gasteiger partial charge in [0.25, 0.3) is 0 Å². The Labute approximate surface area is 76.8 Å². The summed E-state index contributed by atoms with van der Waals surface area (Å²) >= 11 is 0. The molecule has 0 aliphatic rings. The van der Waals surface area contributed by atoms with E-state index in [2.05, 4.69) is 40.7 Å². The molecule has 0 bridgehead atoms. The van der Waals surface area contributed by atoms with Crippen LogP contribution in [0.3, 0.4) is 0 Å². The Hall–Kier alpha value is 0.0569. The summed E-state index contributed by atoms with van der Waals surface area (Å²) in [5, 5.41) is 0.